The van der Waals surface area contributed by atoms with Crippen molar-refractivity contribution in [2.24, 2.45) is 0 Å². The van der Waals surface area contributed by atoms with E-state index in [0.29, 0.717) is 43.9 Å². The lowest BCUT2D eigenvalue weighted by molar-refractivity contribution is -0.116. The Morgan fingerprint density at radius 1 is 1.10 bits per heavy atom. The second-order valence-corrected chi connectivity index (χ2v) is 7.80. The van der Waals surface area contributed by atoms with Gasteiger partial charge in [0.05, 0.1) is 25.9 Å². The van der Waals surface area contributed by atoms with Gasteiger partial charge in [0.1, 0.15) is 5.75 Å². The lowest BCUT2D eigenvalue weighted by Crippen LogP contribution is -2.55. The molecule has 2 aromatic carbocycles. The van der Waals surface area contributed by atoms with Crippen LogP contribution in [0.5, 0.6) is 5.75 Å². The van der Waals surface area contributed by atoms with Gasteiger partial charge in [0.25, 0.3) is 5.91 Å². The molecule has 0 saturated carbocycles. The van der Waals surface area contributed by atoms with Gasteiger partial charge in [-0.05, 0) is 62.2 Å². The molecule has 2 aromatic rings. The highest BCUT2D eigenvalue weighted by Gasteiger charge is 2.34. The first-order valence-corrected chi connectivity index (χ1v) is 9.81. The summed E-state index contributed by atoms with van der Waals surface area (Å²) in [5.41, 5.74) is 2.04. The first-order valence-electron chi connectivity index (χ1n) is 9.81. The quantitative estimate of drug-likeness (QED) is 0.811. The van der Waals surface area contributed by atoms with Crippen molar-refractivity contribution in [1.82, 2.24) is 4.90 Å². The van der Waals surface area contributed by atoms with Gasteiger partial charge in [-0.1, -0.05) is 12.1 Å². The molecule has 0 aliphatic carbocycles. The van der Waals surface area contributed by atoms with Crippen LogP contribution < -0.4 is 10.1 Å². The number of amides is 2. The number of nitrogens with one attached hydrogen (secondary N) is 1. The van der Waals surface area contributed by atoms with Gasteiger partial charge in [-0.15, -0.1) is 0 Å². The number of carbonyl (C=O) groups excluding carboxylic acids is 2. The standard InChI is InChI=1S/C23H28N2O4/c1-23(2)16-29-15-14-25(23)22(27)18-7-9-19(10-8-18)24-21(26)13-6-17-4-11-20(28-3)12-5-17/h4-5,7-12H,6,13-16H2,1-3H3,(H,24,26). The highest BCUT2D eigenvalue weighted by molar-refractivity contribution is 5.96. The first-order chi connectivity index (χ1) is 13.9. The van der Waals surface area contributed by atoms with E-state index in [-0.39, 0.29) is 17.4 Å². The summed E-state index contributed by atoms with van der Waals surface area (Å²) in [5, 5.41) is 2.89. The van der Waals surface area contributed by atoms with E-state index in [1.807, 2.05) is 43.0 Å². The number of methoxy groups -OCH3 is 1. The van der Waals surface area contributed by atoms with E-state index in [1.54, 1.807) is 31.4 Å². The molecule has 154 valence electrons. The zero-order chi connectivity index (χ0) is 20.9. The Labute approximate surface area is 171 Å². The Bertz CT molecular complexity index is 844. The summed E-state index contributed by atoms with van der Waals surface area (Å²) in [5.74, 6) is 0.721. The second kappa shape index (κ2) is 9.09. The van der Waals surface area contributed by atoms with Gasteiger partial charge in [0, 0.05) is 24.2 Å². The van der Waals surface area contributed by atoms with Gasteiger partial charge in [0.2, 0.25) is 5.91 Å². The predicted molar refractivity (Wildman–Crippen MR) is 112 cm³/mol. The van der Waals surface area contributed by atoms with E-state index < -0.39 is 0 Å². The minimum Gasteiger partial charge on any atom is -0.497 e. The van der Waals surface area contributed by atoms with E-state index in [2.05, 4.69) is 5.32 Å². The molecule has 1 aliphatic heterocycles. The normalized spacial score (nSPS) is 15.6. The van der Waals surface area contributed by atoms with Gasteiger partial charge in [-0.2, -0.15) is 0 Å². The number of rotatable bonds is 6. The second-order valence-electron chi connectivity index (χ2n) is 7.80. The van der Waals surface area contributed by atoms with Crippen molar-refractivity contribution in [2.45, 2.75) is 32.2 Å². The van der Waals surface area contributed by atoms with Crippen LogP contribution in [0.1, 0.15) is 36.2 Å². The van der Waals surface area contributed by atoms with Crippen LogP contribution in [0.2, 0.25) is 0 Å². The number of nitrogens with zero attached hydrogens (tertiary/aromatic N) is 1. The number of hydrogen-bond donors (Lipinski definition) is 1. The highest BCUT2D eigenvalue weighted by Crippen LogP contribution is 2.22. The lowest BCUT2D eigenvalue weighted by Gasteiger charge is -2.42. The summed E-state index contributed by atoms with van der Waals surface area (Å²) in [6, 6.07) is 14.7. The van der Waals surface area contributed by atoms with E-state index >= 15 is 0 Å². The molecule has 1 heterocycles. The number of benzene rings is 2. The van der Waals surface area contributed by atoms with Crippen molar-refractivity contribution < 1.29 is 19.1 Å². The number of ether oxygens (including phenoxy) is 2. The lowest BCUT2D eigenvalue weighted by atomic mass is 10.0. The monoisotopic (exact) mass is 396 g/mol. The fourth-order valence-corrected chi connectivity index (χ4v) is 3.36. The molecule has 0 unspecified atom stereocenters. The fraction of sp³-hybridized carbons (Fsp3) is 0.391. The molecular weight excluding hydrogens is 368 g/mol. The third-order valence-electron chi connectivity index (χ3n) is 5.11. The maximum Gasteiger partial charge on any atom is 0.254 e. The molecule has 0 atom stereocenters. The van der Waals surface area contributed by atoms with Crippen LogP contribution in [0.3, 0.4) is 0 Å². The van der Waals surface area contributed by atoms with Gasteiger partial charge >= 0.3 is 0 Å². The first kappa shape index (κ1) is 20.9. The van der Waals surface area contributed by atoms with Crippen LogP contribution >= 0.6 is 0 Å². The molecule has 6 heteroatoms. The number of morpholine rings is 1. The van der Waals surface area contributed by atoms with E-state index in [9.17, 15) is 9.59 Å². The number of anilines is 1. The van der Waals surface area contributed by atoms with Crippen molar-refractivity contribution in [3.63, 3.8) is 0 Å². The maximum absolute atomic E-state index is 12.8. The van der Waals surface area contributed by atoms with Crippen molar-refractivity contribution in [1.29, 1.82) is 0 Å². The van der Waals surface area contributed by atoms with Crippen molar-refractivity contribution in [2.75, 3.05) is 32.2 Å². The van der Waals surface area contributed by atoms with E-state index in [0.717, 1.165) is 11.3 Å². The van der Waals surface area contributed by atoms with E-state index in [4.69, 9.17) is 9.47 Å². The van der Waals surface area contributed by atoms with Crippen LogP contribution in [-0.2, 0) is 16.0 Å². The molecule has 0 radical (unpaired) electrons. The van der Waals surface area contributed by atoms with Gasteiger partial charge in [-0.25, -0.2) is 0 Å². The Morgan fingerprint density at radius 3 is 2.41 bits per heavy atom. The van der Waals surface area contributed by atoms with Crippen LogP contribution in [0.4, 0.5) is 5.69 Å². The smallest absolute Gasteiger partial charge is 0.254 e. The summed E-state index contributed by atoms with van der Waals surface area (Å²) in [6.07, 6.45) is 1.04. The Morgan fingerprint density at radius 2 is 1.79 bits per heavy atom. The molecule has 1 N–H and O–H groups in total. The molecule has 29 heavy (non-hydrogen) atoms. The molecule has 0 bridgehead atoms. The van der Waals surface area contributed by atoms with Crippen LogP contribution in [0, 0.1) is 0 Å². The summed E-state index contributed by atoms with van der Waals surface area (Å²) in [7, 11) is 1.63. The minimum atomic E-state index is -0.330. The maximum atomic E-state index is 12.8. The average Bonchev–Trinajstić information content (AvgIpc) is 2.72. The minimum absolute atomic E-state index is 0.0179. The third-order valence-corrected chi connectivity index (χ3v) is 5.11. The van der Waals surface area contributed by atoms with Crippen LogP contribution in [0.25, 0.3) is 0 Å². The molecular formula is C23H28N2O4. The summed E-state index contributed by atoms with van der Waals surface area (Å²) in [6.45, 7) is 5.66. The van der Waals surface area contributed by atoms with Crippen LogP contribution in [0.15, 0.2) is 48.5 Å². The molecule has 3 rings (SSSR count). The van der Waals surface area contributed by atoms with Crippen molar-refractivity contribution in [3.8, 4) is 5.75 Å². The van der Waals surface area contributed by atoms with Gasteiger partial charge in [0.15, 0.2) is 0 Å². The molecule has 0 aromatic heterocycles. The fourth-order valence-electron chi connectivity index (χ4n) is 3.36. The number of carbonyl (C=O) groups is 2. The van der Waals surface area contributed by atoms with E-state index in [1.165, 1.54) is 0 Å². The van der Waals surface area contributed by atoms with Gasteiger partial charge < -0.3 is 19.7 Å². The topological polar surface area (TPSA) is 67.9 Å². The SMILES string of the molecule is COc1ccc(CCC(=O)Nc2ccc(C(=O)N3CCOCC3(C)C)cc2)cc1. The Hall–Kier alpha value is -2.86. The predicted octanol–water partition coefficient (Wildman–Crippen LogP) is 3.52. The molecule has 1 fully saturated rings. The molecule has 6 nitrogen and oxygen atoms in total. The number of aryl methyl sites for hydroxylation is 1. The summed E-state index contributed by atoms with van der Waals surface area (Å²) in [4.78, 5) is 26.9. The average molecular weight is 396 g/mol. The molecule has 2 amide bonds. The number of hydrogen-bond acceptors (Lipinski definition) is 4. The van der Waals surface area contributed by atoms with Crippen molar-refractivity contribution >= 4 is 17.5 Å². The summed E-state index contributed by atoms with van der Waals surface area (Å²) >= 11 is 0. The molecule has 1 saturated heterocycles. The van der Waals surface area contributed by atoms with Crippen LogP contribution in [-0.4, -0.2) is 49.1 Å². The highest BCUT2D eigenvalue weighted by atomic mass is 16.5. The molecule has 0 spiro atoms. The Balaban J connectivity index is 1.54. The largest absolute Gasteiger partial charge is 0.497 e. The zero-order valence-electron chi connectivity index (χ0n) is 17.2. The third kappa shape index (κ3) is 5.35. The van der Waals surface area contributed by atoms with Crippen molar-refractivity contribution in [3.05, 3.63) is 59.7 Å². The zero-order valence-corrected chi connectivity index (χ0v) is 17.2. The summed E-state index contributed by atoms with van der Waals surface area (Å²) < 4.78 is 10.6. The van der Waals surface area contributed by atoms with Gasteiger partial charge in [-0.3, -0.25) is 9.59 Å². The molecule has 1 aliphatic rings. The Kier molecular flexibility index (Phi) is 6.54.